The summed E-state index contributed by atoms with van der Waals surface area (Å²) in [4.78, 5) is 26.6. The standard InChI is InChI=1S/C21H21FN2O3/c22-15-5-4-6-16(11-15)23-20(26)18-12-21(18)9-10-24(14-21)19(25)13-27-17-7-2-1-3-8-17/h1-8,11,18H,9-10,12-14H2,(H,23,26)/t18-,21+/m1/s1. The van der Waals surface area contributed by atoms with Gasteiger partial charge in [-0.05, 0) is 43.2 Å². The molecule has 1 saturated carbocycles. The number of benzene rings is 2. The molecule has 6 heteroatoms. The molecule has 1 aliphatic heterocycles. The number of ether oxygens (including phenoxy) is 1. The summed E-state index contributed by atoms with van der Waals surface area (Å²) in [6.45, 7) is 1.21. The van der Waals surface area contributed by atoms with Gasteiger partial charge in [0.1, 0.15) is 11.6 Å². The van der Waals surface area contributed by atoms with Crippen LogP contribution in [-0.4, -0.2) is 36.4 Å². The van der Waals surface area contributed by atoms with Crippen molar-refractivity contribution in [3.63, 3.8) is 0 Å². The molecular weight excluding hydrogens is 347 g/mol. The van der Waals surface area contributed by atoms with Crippen LogP contribution >= 0.6 is 0 Å². The van der Waals surface area contributed by atoms with Gasteiger partial charge in [0, 0.05) is 30.1 Å². The number of carbonyl (C=O) groups excluding carboxylic acids is 2. The van der Waals surface area contributed by atoms with E-state index in [1.807, 2.05) is 30.3 Å². The maximum Gasteiger partial charge on any atom is 0.260 e. The van der Waals surface area contributed by atoms with Crippen LogP contribution in [0.3, 0.4) is 0 Å². The van der Waals surface area contributed by atoms with E-state index in [9.17, 15) is 14.0 Å². The molecule has 2 fully saturated rings. The lowest BCUT2D eigenvalue weighted by Crippen LogP contribution is -2.33. The fraction of sp³-hybridized carbons (Fsp3) is 0.333. The molecule has 0 unspecified atom stereocenters. The third-order valence-corrected chi connectivity index (χ3v) is 5.44. The Morgan fingerprint density at radius 1 is 1.19 bits per heavy atom. The quantitative estimate of drug-likeness (QED) is 0.882. The number of likely N-dealkylation sites (tertiary alicyclic amines) is 1. The minimum Gasteiger partial charge on any atom is -0.484 e. The van der Waals surface area contributed by atoms with Crippen LogP contribution < -0.4 is 10.1 Å². The molecule has 4 rings (SSSR count). The lowest BCUT2D eigenvalue weighted by molar-refractivity contribution is -0.132. The molecule has 0 bridgehead atoms. The molecule has 1 saturated heterocycles. The number of hydrogen-bond acceptors (Lipinski definition) is 3. The van der Waals surface area contributed by atoms with E-state index in [1.54, 1.807) is 17.0 Å². The molecule has 2 atom stereocenters. The van der Waals surface area contributed by atoms with Gasteiger partial charge in [0.05, 0.1) is 0 Å². The minimum absolute atomic E-state index is 0.000247. The molecule has 2 aromatic carbocycles. The fourth-order valence-corrected chi connectivity index (χ4v) is 3.83. The number of para-hydroxylation sites is 1. The maximum absolute atomic E-state index is 13.3. The van der Waals surface area contributed by atoms with Crippen LogP contribution in [0, 0.1) is 17.2 Å². The van der Waals surface area contributed by atoms with Crippen molar-refractivity contribution in [2.24, 2.45) is 11.3 Å². The maximum atomic E-state index is 13.3. The number of carbonyl (C=O) groups is 2. The van der Waals surface area contributed by atoms with Crippen LogP contribution in [0.4, 0.5) is 10.1 Å². The van der Waals surface area contributed by atoms with Crippen LogP contribution in [0.2, 0.25) is 0 Å². The number of rotatable bonds is 5. The van der Waals surface area contributed by atoms with Gasteiger partial charge in [-0.1, -0.05) is 24.3 Å². The van der Waals surface area contributed by atoms with E-state index in [0.29, 0.717) is 24.5 Å². The van der Waals surface area contributed by atoms with Gasteiger partial charge in [-0.15, -0.1) is 0 Å². The normalized spacial score (nSPS) is 23.3. The van der Waals surface area contributed by atoms with Crippen molar-refractivity contribution in [1.82, 2.24) is 4.90 Å². The first kappa shape index (κ1) is 17.5. The summed E-state index contributed by atoms with van der Waals surface area (Å²) in [5.41, 5.74) is 0.323. The SMILES string of the molecule is O=C(Nc1cccc(F)c1)[C@H]1C[C@]12CCN(C(=O)COc1ccccc1)C2. The van der Waals surface area contributed by atoms with Gasteiger partial charge in [-0.3, -0.25) is 9.59 Å². The molecule has 27 heavy (non-hydrogen) atoms. The predicted molar refractivity (Wildman–Crippen MR) is 98.7 cm³/mol. The summed E-state index contributed by atoms with van der Waals surface area (Å²) in [5.74, 6) is -0.0103. The second-order valence-electron chi connectivity index (χ2n) is 7.29. The van der Waals surface area contributed by atoms with Crippen LogP contribution in [0.5, 0.6) is 5.75 Å². The zero-order chi connectivity index (χ0) is 18.9. The highest BCUT2D eigenvalue weighted by molar-refractivity contribution is 5.95. The van der Waals surface area contributed by atoms with Crippen molar-refractivity contribution in [2.45, 2.75) is 12.8 Å². The third-order valence-electron chi connectivity index (χ3n) is 5.44. The van der Waals surface area contributed by atoms with Crippen molar-refractivity contribution in [3.05, 3.63) is 60.4 Å². The van der Waals surface area contributed by atoms with Crippen LogP contribution in [-0.2, 0) is 9.59 Å². The van der Waals surface area contributed by atoms with Crippen LogP contribution in [0.25, 0.3) is 0 Å². The molecule has 1 heterocycles. The molecule has 140 valence electrons. The molecule has 2 aromatic rings. The highest BCUT2D eigenvalue weighted by Crippen LogP contribution is 2.58. The van der Waals surface area contributed by atoms with E-state index >= 15 is 0 Å². The molecule has 2 aliphatic rings. The zero-order valence-corrected chi connectivity index (χ0v) is 14.9. The van der Waals surface area contributed by atoms with Crippen molar-refractivity contribution in [3.8, 4) is 5.75 Å². The Balaban J connectivity index is 1.29. The first-order valence-electron chi connectivity index (χ1n) is 9.08. The number of nitrogens with zero attached hydrogens (tertiary/aromatic N) is 1. The average Bonchev–Trinajstić information content (AvgIpc) is 3.21. The second kappa shape index (κ2) is 7.02. The van der Waals surface area contributed by atoms with E-state index in [1.165, 1.54) is 12.1 Å². The van der Waals surface area contributed by atoms with Crippen molar-refractivity contribution in [2.75, 3.05) is 25.0 Å². The summed E-state index contributed by atoms with van der Waals surface area (Å²) in [6.07, 6.45) is 1.57. The number of hydrogen-bond donors (Lipinski definition) is 1. The van der Waals surface area contributed by atoms with E-state index in [4.69, 9.17) is 4.74 Å². The summed E-state index contributed by atoms with van der Waals surface area (Å²) in [7, 11) is 0. The van der Waals surface area contributed by atoms with Gasteiger partial charge in [0.25, 0.3) is 5.91 Å². The second-order valence-corrected chi connectivity index (χ2v) is 7.29. The van der Waals surface area contributed by atoms with Gasteiger partial charge in [0.2, 0.25) is 5.91 Å². The molecule has 1 N–H and O–H groups in total. The highest BCUT2D eigenvalue weighted by Gasteiger charge is 2.61. The average molecular weight is 368 g/mol. The molecule has 0 aromatic heterocycles. The Hall–Kier alpha value is -2.89. The summed E-state index contributed by atoms with van der Waals surface area (Å²) >= 11 is 0. The van der Waals surface area contributed by atoms with Gasteiger partial charge in [-0.25, -0.2) is 4.39 Å². The van der Waals surface area contributed by atoms with E-state index in [0.717, 1.165) is 12.8 Å². The Labute approximate surface area is 157 Å². The Morgan fingerprint density at radius 3 is 2.78 bits per heavy atom. The first-order chi connectivity index (χ1) is 13.1. The van der Waals surface area contributed by atoms with Gasteiger partial charge in [-0.2, -0.15) is 0 Å². The third kappa shape index (κ3) is 3.79. The summed E-state index contributed by atoms with van der Waals surface area (Å²) < 4.78 is 18.8. The summed E-state index contributed by atoms with van der Waals surface area (Å²) in [5, 5.41) is 2.78. The number of nitrogens with one attached hydrogen (secondary N) is 1. The highest BCUT2D eigenvalue weighted by atomic mass is 19.1. The number of amides is 2. The molecule has 5 nitrogen and oxygen atoms in total. The fourth-order valence-electron chi connectivity index (χ4n) is 3.83. The lowest BCUT2D eigenvalue weighted by atomic mass is 10.0. The van der Waals surface area contributed by atoms with Gasteiger partial charge < -0.3 is 15.0 Å². The monoisotopic (exact) mass is 368 g/mol. The lowest BCUT2D eigenvalue weighted by Gasteiger charge is -2.17. The van der Waals surface area contributed by atoms with Crippen molar-refractivity contribution in [1.29, 1.82) is 0 Å². The van der Waals surface area contributed by atoms with E-state index in [2.05, 4.69) is 5.32 Å². The predicted octanol–water partition coefficient (Wildman–Crippen LogP) is 3.08. The Morgan fingerprint density at radius 2 is 2.00 bits per heavy atom. The van der Waals surface area contributed by atoms with Crippen LogP contribution in [0.1, 0.15) is 12.8 Å². The zero-order valence-electron chi connectivity index (χ0n) is 14.9. The minimum atomic E-state index is -0.380. The molecule has 1 aliphatic carbocycles. The van der Waals surface area contributed by atoms with Gasteiger partial charge in [0.15, 0.2) is 6.61 Å². The van der Waals surface area contributed by atoms with Crippen molar-refractivity contribution >= 4 is 17.5 Å². The van der Waals surface area contributed by atoms with Crippen LogP contribution in [0.15, 0.2) is 54.6 Å². The summed E-state index contributed by atoms with van der Waals surface area (Å²) in [6, 6.07) is 15.1. The molecule has 1 spiro atoms. The first-order valence-corrected chi connectivity index (χ1v) is 9.08. The Bertz CT molecular complexity index is 858. The molecule has 2 amide bonds. The number of anilines is 1. The van der Waals surface area contributed by atoms with Gasteiger partial charge >= 0.3 is 0 Å². The number of halogens is 1. The molecule has 0 radical (unpaired) electrons. The topological polar surface area (TPSA) is 58.6 Å². The van der Waals surface area contributed by atoms with E-state index in [-0.39, 0.29) is 35.6 Å². The Kier molecular flexibility index (Phi) is 4.56. The van der Waals surface area contributed by atoms with Crippen molar-refractivity contribution < 1.29 is 18.7 Å². The molecular formula is C21H21FN2O3. The van der Waals surface area contributed by atoms with E-state index < -0.39 is 0 Å². The smallest absolute Gasteiger partial charge is 0.260 e. The largest absolute Gasteiger partial charge is 0.484 e.